The number of aryl methyl sites for hydroxylation is 1. The Morgan fingerprint density at radius 1 is 1.26 bits per heavy atom. The van der Waals surface area contributed by atoms with Gasteiger partial charge in [-0.15, -0.1) is 0 Å². The number of carbonyl (C=O) groups is 1. The fourth-order valence-electron chi connectivity index (χ4n) is 2.33. The highest BCUT2D eigenvalue weighted by Gasteiger charge is 2.21. The van der Waals surface area contributed by atoms with E-state index in [1.54, 1.807) is 6.07 Å². The SMILES string of the molecule is CI.Cc1ccc2oc(C(=O)OC(C)C(C)CN(C)C)cc2c1. The molecule has 0 fully saturated rings. The molecule has 1 aromatic heterocycles. The molecule has 2 unspecified atom stereocenters. The van der Waals surface area contributed by atoms with Gasteiger partial charge >= 0.3 is 5.97 Å². The molecule has 1 heterocycles. The molecular formula is C18H26INO3. The number of fused-ring (bicyclic) bond motifs is 1. The summed E-state index contributed by atoms with van der Waals surface area (Å²) < 4.78 is 11.1. The second kappa shape index (κ2) is 9.27. The quantitative estimate of drug-likeness (QED) is 0.396. The van der Waals surface area contributed by atoms with Crippen LogP contribution in [0.2, 0.25) is 0 Å². The van der Waals surface area contributed by atoms with Crippen molar-refractivity contribution in [3.05, 3.63) is 35.6 Å². The fraction of sp³-hybridized carbons (Fsp3) is 0.500. The van der Waals surface area contributed by atoms with Crippen LogP contribution in [0.15, 0.2) is 28.7 Å². The average Bonchev–Trinajstić information content (AvgIpc) is 2.91. The van der Waals surface area contributed by atoms with Crippen LogP contribution in [0.1, 0.15) is 30.0 Å². The molecule has 0 amide bonds. The number of hydrogen-bond acceptors (Lipinski definition) is 4. The minimum absolute atomic E-state index is 0.158. The third-order valence-electron chi connectivity index (χ3n) is 3.62. The molecule has 0 saturated heterocycles. The number of ether oxygens (including phenoxy) is 1. The second-order valence-corrected chi connectivity index (χ2v) is 6.00. The predicted molar refractivity (Wildman–Crippen MR) is 103 cm³/mol. The summed E-state index contributed by atoms with van der Waals surface area (Å²) >= 11 is 2.15. The molecule has 4 nitrogen and oxygen atoms in total. The zero-order valence-electron chi connectivity index (χ0n) is 14.7. The van der Waals surface area contributed by atoms with E-state index in [2.05, 4.69) is 34.4 Å². The molecule has 0 aliphatic carbocycles. The summed E-state index contributed by atoms with van der Waals surface area (Å²) in [5.41, 5.74) is 1.85. The number of rotatable bonds is 5. The number of hydrogen-bond donors (Lipinski definition) is 0. The summed E-state index contributed by atoms with van der Waals surface area (Å²) in [4.78, 5) is 16.2. The van der Waals surface area contributed by atoms with Crippen LogP contribution in [0.4, 0.5) is 0 Å². The van der Waals surface area contributed by atoms with Gasteiger partial charge in [0.05, 0.1) is 0 Å². The third kappa shape index (κ3) is 5.80. The minimum atomic E-state index is -0.401. The van der Waals surface area contributed by atoms with Crippen LogP contribution in [0.5, 0.6) is 0 Å². The Morgan fingerprint density at radius 2 is 1.91 bits per heavy atom. The topological polar surface area (TPSA) is 42.7 Å². The van der Waals surface area contributed by atoms with Crippen LogP contribution in [-0.2, 0) is 4.74 Å². The predicted octanol–water partition coefficient (Wildman–Crippen LogP) is 4.54. The zero-order valence-corrected chi connectivity index (χ0v) is 16.9. The van der Waals surface area contributed by atoms with Crippen molar-refractivity contribution >= 4 is 39.5 Å². The molecule has 2 rings (SSSR count). The van der Waals surface area contributed by atoms with Crippen LogP contribution in [0.25, 0.3) is 11.0 Å². The van der Waals surface area contributed by atoms with Crippen LogP contribution in [-0.4, -0.2) is 42.5 Å². The summed E-state index contributed by atoms with van der Waals surface area (Å²) in [7, 11) is 4.01. The molecule has 0 aliphatic rings. The van der Waals surface area contributed by atoms with E-state index in [1.165, 1.54) is 0 Å². The van der Waals surface area contributed by atoms with Crippen molar-refractivity contribution < 1.29 is 13.9 Å². The van der Waals surface area contributed by atoms with E-state index in [-0.39, 0.29) is 17.8 Å². The summed E-state index contributed by atoms with van der Waals surface area (Å²) in [6.45, 7) is 6.86. The summed E-state index contributed by atoms with van der Waals surface area (Å²) in [5, 5.41) is 0.927. The highest BCUT2D eigenvalue weighted by Crippen LogP contribution is 2.22. The molecule has 23 heavy (non-hydrogen) atoms. The van der Waals surface area contributed by atoms with Gasteiger partial charge in [-0.1, -0.05) is 41.1 Å². The van der Waals surface area contributed by atoms with E-state index >= 15 is 0 Å². The lowest BCUT2D eigenvalue weighted by Gasteiger charge is -2.22. The number of benzene rings is 1. The molecule has 128 valence electrons. The van der Waals surface area contributed by atoms with E-state index in [0.717, 1.165) is 17.5 Å². The number of esters is 1. The van der Waals surface area contributed by atoms with Gasteiger partial charge in [0, 0.05) is 17.8 Å². The van der Waals surface area contributed by atoms with Crippen molar-refractivity contribution in [2.45, 2.75) is 26.9 Å². The first kappa shape index (κ1) is 20.0. The largest absolute Gasteiger partial charge is 0.456 e. The maximum absolute atomic E-state index is 12.2. The summed E-state index contributed by atoms with van der Waals surface area (Å²) in [6.07, 6.45) is -0.158. The number of furan rings is 1. The molecule has 0 saturated carbocycles. The van der Waals surface area contributed by atoms with E-state index in [4.69, 9.17) is 9.15 Å². The molecule has 2 aromatic rings. The Bertz CT molecular complexity index is 636. The Balaban J connectivity index is 0.00000127. The van der Waals surface area contributed by atoms with Crippen LogP contribution < -0.4 is 0 Å². The second-order valence-electron chi connectivity index (χ2n) is 6.00. The molecule has 5 heteroatoms. The Kier molecular flexibility index (Phi) is 8.05. The highest BCUT2D eigenvalue weighted by atomic mass is 127. The number of alkyl halides is 1. The molecule has 1 aromatic carbocycles. The van der Waals surface area contributed by atoms with Gasteiger partial charge < -0.3 is 14.1 Å². The molecule has 0 aliphatic heterocycles. The lowest BCUT2D eigenvalue weighted by molar-refractivity contribution is 0.0156. The van der Waals surface area contributed by atoms with E-state index in [1.807, 2.05) is 51.1 Å². The first-order valence-corrected chi connectivity index (χ1v) is 9.76. The van der Waals surface area contributed by atoms with Crippen molar-refractivity contribution in [2.24, 2.45) is 5.92 Å². The number of carbonyl (C=O) groups excluding carboxylic acids is 1. The highest BCUT2D eigenvalue weighted by molar-refractivity contribution is 14.1. The number of halogens is 1. The number of nitrogens with zero attached hydrogens (tertiary/aromatic N) is 1. The van der Waals surface area contributed by atoms with Gasteiger partial charge in [-0.3, -0.25) is 0 Å². The van der Waals surface area contributed by atoms with Crippen LogP contribution in [0, 0.1) is 12.8 Å². The van der Waals surface area contributed by atoms with Gasteiger partial charge in [0.2, 0.25) is 5.76 Å². The Labute approximate surface area is 152 Å². The minimum Gasteiger partial charge on any atom is -0.456 e. The maximum Gasteiger partial charge on any atom is 0.374 e. The average molecular weight is 431 g/mol. The van der Waals surface area contributed by atoms with Gasteiger partial charge in [0.1, 0.15) is 11.7 Å². The maximum atomic E-state index is 12.2. The standard InChI is InChI=1S/C17H23NO3.CH3I/c1-11-6-7-15-14(8-11)9-16(21-15)17(19)20-13(3)12(2)10-18(4)5;1-2/h6-9,12-13H,10H2,1-5H3;1H3. The van der Waals surface area contributed by atoms with Gasteiger partial charge in [-0.25, -0.2) is 4.79 Å². The smallest absolute Gasteiger partial charge is 0.374 e. The Morgan fingerprint density at radius 3 is 2.52 bits per heavy atom. The normalized spacial score (nSPS) is 13.4. The van der Waals surface area contributed by atoms with Crippen molar-refractivity contribution in [3.8, 4) is 0 Å². The van der Waals surface area contributed by atoms with Crippen molar-refractivity contribution in [1.82, 2.24) is 4.90 Å². The van der Waals surface area contributed by atoms with Crippen molar-refractivity contribution in [2.75, 3.05) is 25.6 Å². The van der Waals surface area contributed by atoms with Crippen LogP contribution in [0.3, 0.4) is 0 Å². The molecule has 0 N–H and O–H groups in total. The van der Waals surface area contributed by atoms with Gasteiger partial charge in [0.15, 0.2) is 0 Å². The van der Waals surface area contributed by atoms with Crippen molar-refractivity contribution in [1.29, 1.82) is 0 Å². The molecule has 0 bridgehead atoms. The lowest BCUT2D eigenvalue weighted by Crippen LogP contribution is -2.30. The zero-order chi connectivity index (χ0) is 17.6. The molecule has 2 atom stereocenters. The summed E-state index contributed by atoms with van der Waals surface area (Å²) in [6, 6.07) is 7.57. The van der Waals surface area contributed by atoms with E-state index < -0.39 is 5.97 Å². The fourth-order valence-corrected chi connectivity index (χ4v) is 2.33. The Hall–Kier alpha value is -1.08. The van der Waals surface area contributed by atoms with Crippen molar-refractivity contribution in [3.63, 3.8) is 0 Å². The summed E-state index contributed by atoms with van der Waals surface area (Å²) in [5.74, 6) is 0.122. The van der Waals surface area contributed by atoms with E-state index in [9.17, 15) is 4.79 Å². The lowest BCUT2D eigenvalue weighted by atomic mass is 10.1. The first-order valence-electron chi connectivity index (χ1n) is 7.60. The van der Waals surface area contributed by atoms with Gasteiger partial charge in [0.25, 0.3) is 0 Å². The third-order valence-corrected chi connectivity index (χ3v) is 3.62. The molecule has 0 spiro atoms. The molecular weight excluding hydrogens is 405 g/mol. The monoisotopic (exact) mass is 431 g/mol. The first-order chi connectivity index (χ1) is 10.9. The van der Waals surface area contributed by atoms with Crippen LogP contribution >= 0.6 is 22.6 Å². The van der Waals surface area contributed by atoms with E-state index in [0.29, 0.717) is 5.58 Å². The van der Waals surface area contributed by atoms with Gasteiger partial charge in [-0.05, 0) is 51.1 Å². The molecule has 0 radical (unpaired) electrons. The van der Waals surface area contributed by atoms with Gasteiger partial charge in [-0.2, -0.15) is 0 Å².